The molecule has 29 heavy (non-hydrogen) atoms. The van der Waals surface area contributed by atoms with E-state index in [1.54, 1.807) is 55.5 Å². The molecule has 2 aromatic carbocycles. The molecule has 9 nitrogen and oxygen atoms in total. The Morgan fingerprint density at radius 3 is 2.07 bits per heavy atom. The molecule has 2 aromatic rings. The average molecular weight is 417 g/mol. The molecule has 0 saturated heterocycles. The molecular weight excluding hydrogens is 394 g/mol. The molecule has 1 unspecified atom stereocenters. The number of rotatable bonds is 8. The lowest BCUT2D eigenvalue weighted by atomic mass is 10.1. The van der Waals surface area contributed by atoms with E-state index in [4.69, 9.17) is 11.1 Å². The zero-order valence-corrected chi connectivity index (χ0v) is 16.8. The lowest BCUT2D eigenvalue weighted by molar-refractivity contribution is -0.127. The first-order valence-corrected chi connectivity index (χ1v) is 10.5. The molecule has 0 fully saturated rings. The van der Waals surface area contributed by atoms with Crippen LogP contribution in [-0.2, 0) is 19.6 Å². The second kappa shape index (κ2) is 9.20. The Morgan fingerprint density at radius 1 is 1.00 bits per heavy atom. The van der Waals surface area contributed by atoms with E-state index >= 15 is 0 Å². The van der Waals surface area contributed by atoms with Crippen LogP contribution in [0.5, 0.6) is 0 Å². The second-order valence-electron chi connectivity index (χ2n) is 6.50. The fourth-order valence-electron chi connectivity index (χ4n) is 2.51. The van der Waals surface area contributed by atoms with Crippen molar-refractivity contribution in [1.82, 2.24) is 5.32 Å². The van der Waals surface area contributed by atoms with Gasteiger partial charge in [-0.2, -0.15) is 0 Å². The van der Waals surface area contributed by atoms with Crippen LogP contribution in [0.4, 0.5) is 11.4 Å². The van der Waals surface area contributed by atoms with Crippen LogP contribution >= 0.6 is 0 Å². The summed E-state index contributed by atoms with van der Waals surface area (Å²) < 4.78 is 24.8. The number of carbonyl (C=O) groups is 2. The Labute approximate surface area is 169 Å². The van der Waals surface area contributed by atoms with Gasteiger partial charge in [0.05, 0.1) is 12.3 Å². The van der Waals surface area contributed by atoms with Crippen LogP contribution in [0.2, 0.25) is 0 Å². The second-order valence-corrected chi connectivity index (χ2v) is 8.25. The van der Waals surface area contributed by atoms with Crippen molar-refractivity contribution in [1.29, 1.82) is 5.41 Å². The van der Waals surface area contributed by atoms with Gasteiger partial charge < -0.3 is 16.4 Å². The number of sulfonamides is 1. The number of amides is 2. The predicted octanol–water partition coefficient (Wildman–Crippen LogP) is 1.55. The first kappa shape index (κ1) is 21.9. The minimum Gasteiger partial charge on any atom is -0.384 e. The average Bonchev–Trinajstić information content (AvgIpc) is 2.61. The summed E-state index contributed by atoms with van der Waals surface area (Å²) in [6.07, 6.45) is 0.707. The number of amidine groups is 1. The van der Waals surface area contributed by atoms with Crippen LogP contribution in [0, 0.1) is 5.41 Å². The molecule has 2 amide bonds. The third kappa shape index (κ3) is 7.26. The van der Waals surface area contributed by atoms with Crippen LogP contribution in [-0.4, -0.2) is 32.3 Å². The molecule has 0 spiro atoms. The Balaban J connectivity index is 1.87. The Kier molecular flexibility index (Phi) is 6.94. The number of carbonyl (C=O) groups excluding carboxylic acids is 2. The molecule has 0 radical (unpaired) electrons. The van der Waals surface area contributed by atoms with Gasteiger partial charge in [0.15, 0.2) is 0 Å². The maximum absolute atomic E-state index is 12.1. The number of nitrogens with two attached hydrogens (primary N) is 1. The van der Waals surface area contributed by atoms with Crippen molar-refractivity contribution in [2.24, 2.45) is 5.73 Å². The number of anilines is 2. The standard InChI is InChI=1S/C19H23N5O4S/c1-12(13-3-9-16(10-4-13)24-29(2,27)28)22-17(25)11-18(26)23-15-7-5-14(6-8-15)19(20)21/h3-10,12,24H,11H2,1-2H3,(H3,20,21)(H,22,25)(H,23,26). The van der Waals surface area contributed by atoms with Gasteiger partial charge in [-0.3, -0.25) is 19.7 Å². The fourth-order valence-corrected chi connectivity index (χ4v) is 3.08. The lowest BCUT2D eigenvalue weighted by Crippen LogP contribution is -2.30. The Morgan fingerprint density at radius 2 is 1.55 bits per heavy atom. The van der Waals surface area contributed by atoms with Crippen molar-refractivity contribution in [3.8, 4) is 0 Å². The molecule has 0 saturated carbocycles. The van der Waals surface area contributed by atoms with E-state index in [9.17, 15) is 18.0 Å². The third-order valence-electron chi connectivity index (χ3n) is 3.89. The number of hydrogen-bond donors (Lipinski definition) is 5. The van der Waals surface area contributed by atoms with Crippen LogP contribution in [0.3, 0.4) is 0 Å². The molecule has 0 heterocycles. The fraction of sp³-hybridized carbons (Fsp3) is 0.211. The quantitative estimate of drug-likeness (QED) is 0.250. The van der Waals surface area contributed by atoms with E-state index < -0.39 is 21.8 Å². The summed E-state index contributed by atoms with van der Waals surface area (Å²) in [4.78, 5) is 24.2. The first-order chi connectivity index (χ1) is 13.5. The largest absolute Gasteiger partial charge is 0.384 e. The van der Waals surface area contributed by atoms with Gasteiger partial charge in [-0.15, -0.1) is 0 Å². The van der Waals surface area contributed by atoms with Crippen molar-refractivity contribution in [3.05, 3.63) is 59.7 Å². The number of benzene rings is 2. The molecule has 10 heteroatoms. The highest BCUT2D eigenvalue weighted by atomic mass is 32.2. The third-order valence-corrected chi connectivity index (χ3v) is 4.50. The van der Waals surface area contributed by atoms with Crippen molar-refractivity contribution in [3.63, 3.8) is 0 Å². The summed E-state index contributed by atoms with van der Waals surface area (Å²) in [6, 6.07) is 12.6. The topological polar surface area (TPSA) is 154 Å². The van der Waals surface area contributed by atoms with Gasteiger partial charge in [-0.1, -0.05) is 12.1 Å². The maximum Gasteiger partial charge on any atom is 0.233 e. The summed E-state index contributed by atoms with van der Waals surface area (Å²) in [5.41, 5.74) is 7.59. The number of hydrogen-bond acceptors (Lipinski definition) is 5. The number of nitrogens with one attached hydrogen (secondary N) is 4. The van der Waals surface area contributed by atoms with Gasteiger partial charge in [-0.25, -0.2) is 8.42 Å². The SMILES string of the molecule is CC(NC(=O)CC(=O)Nc1ccc(C(=N)N)cc1)c1ccc(NS(C)(=O)=O)cc1. The lowest BCUT2D eigenvalue weighted by Gasteiger charge is -2.15. The normalized spacial score (nSPS) is 11.9. The van der Waals surface area contributed by atoms with Gasteiger partial charge in [0, 0.05) is 16.9 Å². The first-order valence-electron chi connectivity index (χ1n) is 8.65. The van der Waals surface area contributed by atoms with Gasteiger partial charge in [0.2, 0.25) is 21.8 Å². The Bertz CT molecular complexity index is 1000. The van der Waals surface area contributed by atoms with Crippen molar-refractivity contribution >= 4 is 39.0 Å². The zero-order valence-electron chi connectivity index (χ0n) is 16.0. The molecule has 154 valence electrons. The van der Waals surface area contributed by atoms with Crippen LogP contribution in [0.1, 0.15) is 30.5 Å². The molecular formula is C19H23N5O4S. The van der Waals surface area contributed by atoms with E-state index in [1.807, 2.05) is 0 Å². The summed E-state index contributed by atoms with van der Waals surface area (Å²) in [5, 5.41) is 12.7. The smallest absolute Gasteiger partial charge is 0.233 e. The molecule has 1 atom stereocenters. The highest BCUT2D eigenvalue weighted by Gasteiger charge is 2.14. The van der Waals surface area contributed by atoms with Crippen molar-refractivity contribution in [2.45, 2.75) is 19.4 Å². The summed E-state index contributed by atoms with van der Waals surface area (Å²) in [7, 11) is -3.36. The summed E-state index contributed by atoms with van der Waals surface area (Å²) in [5.74, 6) is -0.997. The summed E-state index contributed by atoms with van der Waals surface area (Å²) in [6.45, 7) is 1.76. The van der Waals surface area contributed by atoms with E-state index in [0.717, 1.165) is 11.8 Å². The van der Waals surface area contributed by atoms with Crippen molar-refractivity contribution < 1.29 is 18.0 Å². The molecule has 2 rings (SSSR count). The number of nitrogen functional groups attached to an aromatic ring is 1. The minimum absolute atomic E-state index is 0.0728. The van der Waals surface area contributed by atoms with Gasteiger partial charge in [0.1, 0.15) is 12.3 Å². The molecule has 0 aliphatic carbocycles. The molecule has 0 aliphatic rings. The van der Waals surface area contributed by atoms with E-state index in [1.165, 1.54) is 0 Å². The highest BCUT2D eigenvalue weighted by molar-refractivity contribution is 7.92. The predicted molar refractivity (Wildman–Crippen MR) is 112 cm³/mol. The van der Waals surface area contributed by atoms with Gasteiger partial charge in [-0.05, 0) is 48.9 Å². The van der Waals surface area contributed by atoms with Crippen LogP contribution in [0.25, 0.3) is 0 Å². The maximum atomic E-state index is 12.1. The zero-order chi connectivity index (χ0) is 21.6. The van der Waals surface area contributed by atoms with E-state index in [2.05, 4.69) is 15.4 Å². The van der Waals surface area contributed by atoms with Gasteiger partial charge >= 0.3 is 0 Å². The minimum atomic E-state index is -3.36. The Hall–Kier alpha value is -3.40. The highest BCUT2D eigenvalue weighted by Crippen LogP contribution is 2.17. The van der Waals surface area contributed by atoms with E-state index in [-0.39, 0.29) is 18.3 Å². The summed E-state index contributed by atoms with van der Waals surface area (Å²) >= 11 is 0. The van der Waals surface area contributed by atoms with Gasteiger partial charge in [0.25, 0.3) is 0 Å². The van der Waals surface area contributed by atoms with Crippen LogP contribution < -0.4 is 21.1 Å². The van der Waals surface area contributed by atoms with Crippen LogP contribution in [0.15, 0.2) is 48.5 Å². The molecule has 0 bridgehead atoms. The monoisotopic (exact) mass is 417 g/mol. The van der Waals surface area contributed by atoms with E-state index in [0.29, 0.717) is 16.9 Å². The van der Waals surface area contributed by atoms with Crippen molar-refractivity contribution in [2.75, 3.05) is 16.3 Å². The molecule has 0 aromatic heterocycles. The molecule has 6 N–H and O–H groups in total. The molecule has 0 aliphatic heterocycles.